The lowest BCUT2D eigenvalue weighted by Crippen LogP contribution is -2.18. The SMILES string of the molecule is NC(=O)Oc1cc(OC(F)(F)F)ccc1Cl. The predicted molar refractivity (Wildman–Crippen MR) is 48.3 cm³/mol. The third-order valence-corrected chi connectivity index (χ3v) is 1.66. The van der Waals surface area contributed by atoms with Gasteiger partial charge in [-0.1, -0.05) is 11.6 Å². The number of hydrogen-bond donors (Lipinski definition) is 1. The Kier molecular flexibility index (Phi) is 3.48. The molecular weight excluding hydrogens is 251 g/mol. The summed E-state index contributed by atoms with van der Waals surface area (Å²) in [5.41, 5.74) is 4.69. The van der Waals surface area contributed by atoms with Crippen LogP contribution in [0.4, 0.5) is 18.0 Å². The minimum atomic E-state index is -4.84. The highest BCUT2D eigenvalue weighted by Crippen LogP contribution is 2.31. The van der Waals surface area contributed by atoms with Crippen molar-refractivity contribution in [2.45, 2.75) is 6.36 Å². The van der Waals surface area contributed by atoms with Crippen molar-refractivity contribution in [3.8, 4) is 11.5 Å². The van der Waals surface area contributed by atoms with Crippen LogP contribution in [-0.2, 0) is 0 Å². The van der Waals surface area contributed by atoms with Crippen LogP contribution in [-0.4, -0.2) is 12.5 Å². The molecule has 0 saturated heterocycles. The summed E-state index contributed by atoms with van der Waals surface area (Å²) in [7, 11) is 0. The van der Waals surface area contributed by atoms with Gasteiger partial charge in [0.1, 0.15) is 5.75 Å². The van der Waals surface area contributed by atoms with Gasteiger partial charge in [-0.15, -0.1) is 13.2 Å². The molecule has 4 nitrogen and oxygen atoms in total. The second kappa shape index (κ2) is 4.48. The maximum atomic E-state index is 11.8. The molecule has 1 rings (SSSR count). The monoisotopic (exact) mass is 255 g/mol. The Morgan fingerprint density at radius 2 is 2.00 bits per heavy atom. The van der Waals surface area contributed by atoms with Crippen molar-refractivity contribution < 1.29 is 27.4 Å². The highest BCUT2D eigenvalue weighted by atomic mass is 35.5. The molecule has 0 heterocycles. The Morgan fingerprint density at radius 3 is 2.50 bits per heavy atom. The van der Waals surface area contributed by atoms with Gasteiger partial charge in [0.25, 0.3) is 0 Å². The van der Waals surface area contributed by atoms with Crippen LogP contribution in [0.15, 0.2) is 18.2 Å². The summed E-state index contributed by atoms with van der Waals surface area (Å²) >= 11 is 5.54. The first-order valence-electron chi connectivity index (χ1n) is 3.80. The van der Waals surface area contributed by atoms with Gasteiger partial charge in [-0.3, -0.25) is 0 Å². The molecule has 0 aliphatic rings. The molecule has 1 aromatic rings. The van der Waals surface area contributed by atoms with Gasteiger partial charge < -0.3 is 15.2 Å². The van der Waals surface area contributed by atoms with E-state index in [4.69, 9.17) is 11.6 Å². The average molecular weight is 256 g/mol. The Morgan fingerprint density at radius 1 is 1.38 bits per heavy atom. The third-order valence-electron chi connectivity index (χ3n) is 1.35. The van der Waals surface area contributed by atoms with Gasteiger partial charge in [0, 0.05) is 6.07 Å². The Balaban J connectivity index is 2.93. The van der Waals surface area contributed by atoms with E-state index in [0.717, 1.165) is 18.2 Å². The first-order valence-corrected chi connectivity index (χ1v) is 4.18. The largest absolute Gasteiger partial charge is 0.573 e. The molecule has 0 fully saturated rings. The van der Waals surface area contributed by atoms with E-state index < -0.39 is 18.2 Å². The molecule has 0 radical (unpaired) electrons. The van der Waals surface area contributed by atoms with Crippen molar-refractivity contribution in [3.63, 3.8) is 0 Å². The van der Waals surface area contributed by atoms with Crippen LogP contribution in [0.1, 0.15) is 0 Å². The Labute approximate surface area is 92.7 Å². The summed E-state index contributed by atoms with van der Waals surface area (Å²) in [5, 5.41) is -0.0617. The molecule has 1 aromatic carbocycles. The molecule has 88 valence electrons. The standard InChI is InChI=1S/C8H5ClF3NO3/c9-5-2-1-4(16-8(10,11)12)3-6(5)15-7(13)14/h1-3H,(H2,13,14). The highest BCUT2D eigenvalue weighted by Gasteiger charge is 2.31. The van der Waals surface area contributed by atoms with Crippen molar-refractivity contribution in [1.82, 2.24) is 0 Å². The molecule has 1 amide bonds. The molecule has 0 bridgehead atoms. The number of carbonyl (C=O) groups is 1. The molecule has 2 N–H and O–H groups in total. The Hall–Kier alpha value is -1.63. The molecule has 0 atom stereocenters. The van der Waals surface area contributed by atoms with Gasteiger partial charge in [-0.25, -0.2) is 4.79 Å². The van der Waals surface area contributed by atoms with Gasteiger partial charge in [0.15, 0.2) is 5.75 Å². The zero-order valence-electron chi connectivity index (χ0n) is 7.55. The van der Waals surface area contributed by atoms with E-state index in [2.05, 4.69) is 15.2 Å². The lowest BCUT2D eigenvalue weighted by molar-refractivity contribution is -0.274. The van der Waals surface area contributed by atoms with Crippen molar-refractivity contribution in [2.24, 2.45) is 5.73 Å². The minimum Gasteiger partial charge on any atom is -0.409 e. The second-order valence-corrected chi connectivity index (χ2v) is 2.97. The van der Waals surface area contributed by atoms with E-state index in [1.54, 1.807) is 0 Å². The summed E-state index contributed by atoms with van der Waals surface area (Å²) in [5.74, 6) is -0.871. The maximum Gasteiger partial charge on any atom is 0.573 e. The molecule has 0 aliphatic heterocycles. The van der Waals surface area contributed by atoms with Crippen LogP contribution < -0.4 is 15.2 Å². The van der Waals surface area contributed by atoms with Crippen LogP contribution in [0.25, 0.3) is 0 Å². The molecule has 0 unspecified atom stereocenters. The van der Waals surface area contributed by atoms with E-state index in [-0.39, 0.29) is 10.8 Å². The zero-order valence-corrected chi connectivity index (χ0v) is 8.30. The fourth-order valence-electron chi connectivity index (χ4n) is 0.867. The smallest absolute Gasteiger partial charge is 0.409 e. The number of amides is 1. The topological polar surface area (TPSA) is 61.6 Å². The third kappa shape index (κ3) is 3.85. The van der Waals surface area contributed by atoms with Gasteiger partial charge in [-0.05, 0) is 12.1 Å². The van der Waals surface area contributed by atoms with Gasteiger partial charge in [0.05, 0.1) is 5.02 Å². The molecule has 0 saturated carbocycles. The lowest BCUT2D eigenvalue weighted by Gasteiger charge is -2.10. The Bertz CT molecular complexity index is 408. The van der Waals surface area contributed by atoms with Gasteiger partial charge >= 0.3 is 12.5 Å². The van der Waals surface area contributed by atoms with Crippen LogP contribution in [0.5, 0.6) is 11.5 Å². The molecule has 0 spiro atoms. The van der Waals surface area contributed by atoms with Gasteiger partial charge in [0.2, 0.25) is 0 Å². The quantitative estimate of drug-likeness (QED) is 0.884. The number of carbonyl (C=O) groups excluding carboxylic acids is 1. The minimum absolute atomic E-state index is 0.0617. The molecule has 8 heteroatoms. The number of halogens is 4. The highest BCUT2D eigenvalue weighted by molar-refractivity contribution is 6.32. The number of benzene rings is 1. The van der Waals surface area contributed by atoms with Crippen molar-refractivity contribution >= 4 is 17.7 Å². The van der Waals surface area contributed by atoms with Crippen LogP contribution >= 0.6 is 11.6 Å². The van der Waals surface area contributed by atoms with Crippen molar-refractivity contribution in [2.75, 3.05) is 0 Å². The van der Waals surface area contributed by atoms with E-state index in [1.807, 2.05) is 0 Å². The van der Waals surface area contributed by atoms with Crippen molar-refractivity contribution in [1.29, 1.82) is 0 Å². The van der Waals surface area contributed by atoms with Gasteiger partial charge in [-0.2, -0.15) is 0 Å². The number of primary amides is 1. The molecule has 0 aliphatic carbocycles. The summed E-state index contributed by atoms with van der Waals surface area (Å²) in [6.45, 7) is 0. The summed E-state index contributed by atoms with van der Waals surface area (Å²) < 4.78 is 43.5. The predicted octanol–water partition coefficient (Wildman–Crippen LogP) is 2.70. The summed E-state index contributed by atoms with van der Waals surface area (Å²) in [4.78, 5) is 10.4. The second-order valence-electron chi connectivity index (χ2n) is 2.56. The number of rotatable bonds is 2. The zero-order chi connectivity index (χ0) is 12.3. The van der Waals surface area contributed by atoms with E-state index in [9.17, 15) is 18.0 Å². The summed E-state index contributed by atoms with van der Waals surface area (Å²) in [6, 6.07) is 2.87. The summed E-state index contributed by atoms with van der Waals surface area (Å²) in [6.07, 6.45) is -6.02. The van der Waals surface area contributed by atoms with Crippen LogP contribution in [0, 0.1) is 0 Å². The fourth-order valence-corrected chi connectivity index (χ4v) is 1.02. The van der Waals surface area contributed by atoms with E-state index in [0.29, 0.717) is 0 Å². The normalized spacial score (nSPS) is 11.0. The average Bonchev–Trinajstić information content (AvgIpc) is 2.07. The number of ether oxygens (including phenoxy) is 2. The van der Waals surface area contributed by atoms with Crippen molar-refractivity contribution in [3.05, 3.63) is 23.2 Å². The number of hydrogen-bond acceptors (Lipinski definition) is 3. The van der Waals surface area contributed by atoms with E-state index >= 15 is 0 Å². The number of nitrogens with two attached hydrogens (primary N) is 1. The fraction of sp³-hybridized carbons (Fsp3) is 0.125. The van der Waals surface area contributed by atoms with Crippen LogP contribution in [0.3, 0.4) is 0 Å². The molecule has 0 aromatic heterocycles. The van der Waals surface area contributed by atoms with Crippen LogP contribution in [0.2, 0.25) is 5.02 Å². The first-order chi connectivity index (χ1) is 7.28. The van der Waals surface area contributed by atoms with E-state index in [1.165, 1.54) is 0 Å². The maximum absolute atomic E-state index is 11.8. The lowest BCUT2D eigenvalue weighted by atomic mass is 10.3. The first kappa shape index (κ1) is 12.4. The number of alkyl halides is 3. The molecular formula is C8H5ClF3NO3. The molecule has 16 heavy (non-hydrogen) atoms.